The molecule has 0 amide bonds. The topological polar surface area (TPSA) is 46.0 Å². The van der Waals surface area contributed by atoms with Gasteiger partial charge in [0.05, 0.1) is 17.9 Å². The van der Waals surface area contributed by atoms with Gasteiger partial charge in [-0.1, -0.05) is 0 Å². The van der Waals surface area contributed by atoms with Crippen molar-refractivity contribution < 1.29 is 0 Å². The first-order valence-corrected chi connectivity index (χ1v) is 7.07. The number of aromatic nitrogens is 3. The molecule has 0 bridgehead atoms. The zero-order chi connectivity index (χ0) is 13.9. The first kappa shape index (κ1) is 13.3. The highest BCUT2D eigenvalue weighted by molar-refractivity contribution is 5.21. The average Bonchev–Trinajstić information content (AvgIpc) is 2.83. The second kappa shape index (κ2) is 5.73. The van der Waals surface area contributed by atoms with E-state index in [-0.39, 0.29) is 0 Å². The fourth-order valence-electron chi connectivity index (χ4n) is 2.63. The van der Waals surface area contributed by atoms with Gasteiger partial charge in [-0.3, -0.25) is 14.6 Å². The van der Waals surface area contributed by atoms with Crippen LogP contribution in [0.4, 0.5) is 0 Å². The molecule has 106 valence electrons. The van der Waals surface area contributed by atoms with Gasteiger partial charge >= 0.3 is 0 Å². The van der Waals surface area contributed by atoms with E-state index in [0.717, 1.165) is 38.4 Å². The number of pyridine rings is 1. The summed E-state index contributed by atoms with van der Waals surface area (Å²) in [6, 6.07) is 4.30. The van der Waals surface area contributed by atoms with Crippen molar-refractivity contribution >= 4 is 0 Å². The molecule has 2 aromatic rings. The lowest BCUT2D eigenvalue weighted by Crippen LogP contribution is -2.28. The van der Waals surface area contributed by atoms with Gasteiger partial charge in [0.15, 0.2) is 0 Å². The summed E-state index contributed by atoms with van der Waals surface area (Å²) < 4.78 is 2.12. The molecule has 0 fully saturated rings. The molecule has 2 aromatic heterocycles. The van der Waals surface area contributed by atoms with E-state index in [1.165, 1.54) is 16.8 Å². The van der Waals surface area contributed by atoms with Crippen molar-refractivity contribution in [3.8, 4) is 0 Å². The van der Waals surface area contributed by atoms with Gasteiger partial charge in [0.2, 0.25) is 0 Å². The molecule has 0 radical (unpaired) electrons. The summed E-state index contributed by atoms with van der Waals surface area (Å²) in [4.78, 5) is 6.43. The van der Waals surface area contributed by atoms with Crippen molar-refractivity contribution in [2.24, 2.45) is 0 Å². The zero-order valence-electron chi connectivity index (χ0n) is 12.1. The van der Waals surface area contributed by atoms with Crippen LogP contribution < -0.4 is 5.32 Å². The molecule has 5 nitrogen and oxygen atoms in total. The number of nitrogens with one attached hydrogen (secondary N) is 1. The molecule has 0 aliphatic carbocycles. The summed E-state index contributed by atoms with van der Waals surface area (Å²) in [6.45, 7) is 6.83. The van der Waals surface area contributed by atoms with E-state index in [1.54, 1.807) is 0 Å². The molecule has 3 heterocycles. The fraction of sp³-hybridized carbons (Fsp3) is 0.467. The predicted octanol–water partition coefficient (Wildman–Crippen LogP) is 1.32. The van der Waals surface area contributed by atoms with Crippen molar-refractivity contribution in [3.05, 3.63) is 47.0 Å². The number of hydrogen-bond acceptors (Lipinski definition) is 4. The van der Waals surface area contributed by atoms with E-state index in [9.17, 15) is 0 Å². The molecule has 3 rings (SSSR count). The van der Waals surface area contributed by atoms with E-state index in [0.29, 0.717) is 0 Å². The Morgan fingerprint density at radius 1 is 1.40 bits per heavy atom. The Kier molecular flexibility index (Phi) is 3.80. The van der Waals surface area contributed by atoms with Crippen LogP contribution in [-0.4, -0.2) is 33.3 Å². The highest BCUT2D eigenvalue weighted by Crippen LogP contribution is 2.12. The summed E-state index contributed by atoms with van der Waals surface area (Å²) >= 11 is 0. The van der Waals surface area contributed by atoms with E-state index in [2.05, 4.69) is 51.1 Å². The molecule has 0 aromatic carbocycles. The number of rotatable bonds is 4. The lowest BCUT2D eigenvalue weighted by Gasteiger charge is -2.16. The minimum Gasteiger partial charge on any atom is -0.309 e. The van der Waals surface area contributed by atoms with Gasteiger partial charge in [-0.25, -0.2) is 0 Å². The highest BCUT2D eigenvalue weighted by Gasteiger charge is 2.13. The Morgan fingerprint density at radius 3 is 3.10 bits per heavy atom. The molecule has 0 unspecified atom stereocenters. The van der Waals surface area contributed by atoms with Crippen LogP contribution in [0.25, 0.3) is 0 Å². The number of fused-ring (bicyclic) bond motifs is 1. The summed E-state index contributed by atoms with van der Waals surface area (Å²) in [5.74, 6) is 0. The minimum atomic E-state index is 0.877. The van der Waals surface area contributed by atoms with Gasteiger partial charge in [0.25, 0.3) is 0 Å². The molecule has 1 N–H and O–H groups in total. The normalized spacial score (nSPS) is 14.6. The quantitative estimate of drug-likeness (QED) is 0.911. The van der Waals surface area contributed by atoms with Gasteiger partial charge in [-0.15, -0.1) is 0 Å². The largest absolute Gasteiger partial charge is 0.309 e. The standard InChI is InChI=1S/C15H21N5/c1-12-8-16-4-3-13(12)10-19(2)11-14-7-15-9-17-5-6-20(15)18-14/h3-4,7-8,17H,5-6,9-11H2,1-2H3. The third-order valence-corrected chi connectivity index (χ3v) is 3.73. The molecular weight excluding hydrogens is 250 g/mol. The van der Waals surface area contributed by atoms with Crippen molar-refractivity contribution in [3.63, 3.8) is 0 Å². The maximum atomic E-state index is 4.68. The van der Waals surface area contributed by atoms with Crippen molar-refractivity contribution in [1.29, 1.82) is 0 Å². The molecule has 20 heavy (non-hydrogen) atoms. The first-order valence-electron chi connectivity index (χ1n) is 7.07. The molecule has 0 spiro atoms. The number of hydrogen-bond donors (Lipinski definition) is 1. The van der Waals surface area contributed by atoms with E-state index < -0.39 is 0 Å². The van der Waals surface area contributed by atoms with Crippen LogP contribution in [0.5, 0.6) is 0 Å². The SMILES string of the molecule is Cc1cnccc1CN(C)Cc1cc2n(n1)CCNC2. The second-order valence-corrected chi connectivity index (χ2v) is 5.50. The molecule has 5 heteroatoms. The van der Waals surface area contributed by atoms with Crippen LogP contribution in [0.1, 0.15) is 22.5 Å². The van der Waals surface area contributed by atoms with Crippen LogP contribution in [0.2, 0.25) is 0 Å². The van der Waals surface area contributed by atoms with Gasteiger partial charge in [0, 0.05) is 38.6 Å². The van der Waals surface area contributed by atoms with Crippen LogP contribution in [0.3, 0.4) is 0 Å². The third kappa shape index (κ3) is 2.89. The smallest absolute Gasteiger partial charge is 0.0768 e. The molecule has 0 saturated carbocycles. The summed E-state index contributed by atoms with van der Waals surface area (Å²) in [5.41, 5.74) is 5.01. The fourth-order valence-corrected chi connectivity index (χ4v) is 2.63. The van der Waals surface area contributed by atoms with Gasteiger partial charge in [-0.2, -0.15) is 5.10 Å². The van der Waals surface area contributed by atoms with Crippen molar-refractivity contribution in [2.75, 3.05) is 13.6 Å². The molecule has 1 aliphatic rings. The Morgan fingerprint density at radius 2 is 2.30 bits per heavy atom. The Labute approximate surface area is 119 Å². The molecular formula is C15H21N5. The van der Waals surface area contributed by atoms with Crippen LogP contribution in [-0.2, 0) is 26.2 Å². The molecule has 0 saturated heterocycles. The Bertz CT molecular complexity index is 566. The van der Waals surface area contributed by atoms with Gasteiger partial charge < -0.3 is 5.32 Å². The number of aryl methyl sites for hydroxylation is 1. The van der Waals surface area contributed by atoms with Crippen molar-refractivity contribution in [2.45, 2.75) is 33.1 Å². The van der Waals surface area contributed by atoms with E-state index >= 15 is 0 Å². The predicted molar refractivity (Wildman–Crippen MR) is 78.1 cm³/mol. The highest BCUT2D eigenvalue weighted by atomic mass is 15.3. The third-order valence-electron chi connectivity index (χ3n) is 3.73. The minimum absolute atomic E-state index is 0.877. The maximum Gasteiger partial charge on any atom is 0.0768 e. The maximum absolute atomic E-state index is 4.68. The Hall–Kier alpha value is -1.72. The lowest BCUT2D eigenvalue weighted by molar-refractivity contribution is 0.312. The second-order valence-electron chi connectivity index (χ2n) is 5.50. The zero-order valence-corrected chi connectivity index (χ0v) is 12.1. The lowest BCUT2D eigenvalue weighted by atomic mass is 10.1. The monoisotopic (exact) mass is 271 g/mol. The summed E-state index contributed by atoms with van der Waals surface area (Å²) in [5, 5.41) is 8.05. The van der Waals surface area contributed by atoms with Crippen LogP contribution in [0.15, 0.2) is 24.5 Å². The van der Waals surface area contributed by atoms with E-state index in [4.69, 9.17) is 0 Å². The van der Waals surface area contributed by atoms with E-state index in [1.807, 2.05) is 12.4 Å². The van der Waals surface area contributed by atoms with Crippen LogP contribution in [0, 0.1) is 6.92 Å². The molecule has 0 atom stereocenters. The van der Waals surface area contributed by atoms with Gasteiger partial charge in [0.1, 0.15) is 0 Å². The Balaban J connectivity index is 1.65. The van der Waals surface area contributed by atoms with Crippen LogP contribution >= 0.6 is 0 Å². The van der Waals surface area contributed by atoms with Crippen molar-refractivity contribution in [1.82, 2.24) is 25.0 Å². The summed E-state index contributed by atoms with van der Waals surface area (Å²) in [7, 11) is 2.14. The van der Waals surface area contributed by atoms with Gasteiger partial charge in [-0.05, 0) is 37.2 Å². The molecule has 1 aliphatic heterocycles. The first-order chi connectivity index (χ1) is 9.72. The number of nitrogens with zero attached hydrogens (tertiary/aromatic N) is 4. The average molecular weight is 271 g/mol. The summed E-state index contributed by atoms with van der Waals surface area (Å²) in [6.07, 6.45) is 3.78.